The van der Waals surface area contributed by atoms with E-state index in [-0.39, 0.29) is 36.4 Å². The van der Waals surface area contributed by atoms with Crippen LogP contribution in [0.3, 0.4) is 0 Å². The van der Waals surface area contributed by atoms with Crippen molar-refractivity contribution >= 4 is 35.8 Å². The lowest BCUT2D eigenvalue weighted by molar-refractivity contribution is -0.127. The molecule has 0 fully saturated rings. The Bertz CT molecular complexity index is 744. The number of halogens is 1. The molecule has 10 heteroatoms. The van der Waals surface area contributed by atoms with E-state index in [1.54, 1.807) is 25.9 Å². The smallest absolute Gasteiger partial charge is 0.241 e. The zero-order valence-electron chi connectivity index (χ0n) is 16.0. The molecule has 1 heterocycles. The van der Waals surface area contributed by atoms with Crippen LogP contribution in [0, 0.1) is 0 Å². The highest BCUT2D eigenvalue weighted by atomic mass is 127. The maximum atomic E-state index is 11.8. The largest absolute Gasteiger partial charge is 0.497 e. The molecule has 148 valence electrons. The molecule has 0 spiro atoms. The molecule has 0 aliphatic rings. The van der Waals surface area contributed by atoms with Gasteiger partial charge in [-0.25, -0.2) is 9.98 Å². The van der Waals surface area contributed by atoms with E-state index in [9.17, 15) is 4.79 Å². The number of hydrogen-bond donors (Lipinski definition) is 2. The number of rotatable bonds is 7. The SMILES string of the molecule is COc1ccc(CN=C(NCC(=O)N(C)C)NCc2ncnn2C)cc1.I. The third kappa shape index (κ3) is 7.41. The van der Waals surface area contributed by atoms with Crippen LogP contribution in [-0.4, -0.2) is 59.3 Å². The fraction of sp³-hybridized carbons (Fsp3) is 0.412. The summed E-state index contributed by atoms with van der Waals surface area (Å²) in [5.41, 5.74) is 1.03. The van der Waals surface area contributed by atoms with Crippen LogP contribution in [0.4, 0.5) is 0 Å². The molecule has 2 rings (SSSR count). The van der Waals surface area contributed by atoms with Crippen LogP contribution in [0.2, 0.25) is 0 Å². The summed E-state index contributed by atoms with van der Waals surface area (Å²) in [6.07, 6.45) is 1.49. The zero-order valence-corrected chi connectivity index (χ0v) is 18.3. The molecular weight excluding hydrogens is 461 g/mol. The van der Waals surface area contributed by atoms with Crippen molar-refractivity contribution in [3.63, 3.8) is 0 Å². The molecule has 0 bridgehead atoms. The molecule has 27 heavy (non-hydrogen) atoms. The summed E-state index contributed by atoms with van der Waals surface area (Å²) >= 11 is 0. The third-order valence-corrected chi connectivity index (χ3v) is 3.70. The average Bonchev–Trinajstić information content (AvgIpc) is 3.06. The lowest BCUT2D eigenvalue weighted by Crippen LogP contribution is -2.43. The number of benzene rings is 1. The van der Waals surface area contributed by atoms with E-state index < -0.39 is 0 Å². The molecule has 0 atom stereocenters. The van der Waals surface area contributed by atoms with Gasteiger partial charge in [0.25, 0.3) is 0 Å². The van der Waals surface area contributed by atoms with Crippen molar-refractivity contribution in [1.82, 2.24) is 30.3 Å². The van der Waals surface area contributed by atoms with Crippen molar-refractivity contribution in [3.05, 3.63) is 42.0 Å². The van der Waals surface area contributed by atoms with E-state index in [0.717, 1.165) is 17.1 Å². The van der Waals surface area contributed by atoms with Gasteiger partial charge in [-0.2, -0.15) is 5.10 Å². The van der Waals surface area contributed by atoms with Gasteiger partial charge in [0.15, 0.2) is 5.96 Å². The van der Waals surface area contributed by atoms with Crippen molar-refractivity contribution in [3.8, 4) is 5.75 Å². The number of likely N-dealkylation sites (N-methyl/N-ethyl adjacent to an activating group) is 1. The Hall–Kier alpha value is -2.37. The molecule has 0 aliphatic carbocycles. The molecular formula is C17H26IN7O2. The van der Waals surface area contributed by atoms with Crippen molar-refractivity contribution in [2.45, 2.75) is 13.1 Å². The number of ether oxygens (including phenoxy) is 1. The summed E-state index contributed by atoms with van der Waals surface area (Å²) in [6, 6.07) is 7.68. The van der Waals surface area contributed by atoms with E-state index in [1.807, 2.05) is 31.3 Å². The summed E-state index contributed by atoms with van der Waals surface area (Å²) in [6.45, 7) is 1.07. The summed E-state index contributed by atoms with van der Waals surface area (Å²) in [5.74, 6) is 2.05. The molecule has 0 aliphatic heterocycles. The average molecular weight is 487 g/mol. The van der Waals surface area contributed by atoms with Gasteiger partial charge in [-0.15, -0.1) is 24.0 Å². The van der Waals surface area contributed by atoms with E-state index in [2.05, 4.69) is 25.7 Å². The second kappa shape index (κ2) is 11.4. The fourth-order valence-electron chi connectivity index (χ4n) is 2.04. The van der Waals surface area contributed by atoms with Crippen molar-refractivity contribution in [1.29, 1.82) is 0 Å². The summed E-state index contributed by atoms with van der Waals surface area (Å²) in [5, 5.41) is 10.2. The standard InChI is InChI=1S/C17H25N7O2.HI/c1-23(2)16(25)11-20-17(19-10-15-21-12-22-24(15)3)18-9-13-5-7-14(26-4)8-6-13;/h5-8,12H,9-11H2,1-4H3,(H2,18,19,20);1H. The molecule has 2 aromatic rings. The van der Waals surface area contributed by atoms with Gasteiger partial charge in [-0.3, -0.25) is 9.48 Å². The van der Waals surface area contributed by atoms with Gasteiger partial charge >= 0.3 is 0 Å². The fourth-order valence-corrected chi connectivity index (χ4v) is 2.04. The summed E-state index contributed by atoms with van der Waals surface area (Å²) in [7, 11) is 6.88. The van der Waals surface area contributed by atoms with Gasteiger partial charge in [0, 0.05) is 21.1 Å². The van der Waals surface area contributed by atoms with Gasteiger partial charge in [0.2, 0.25) is 5.91 Å². The van der Waals surface area contributed by atoms with Crippen LogP contribution in [0.25, 0.3) is 0 Å². The number of methoxy groups -OCH3 is 1. The number of nitrogens with zero attached hydrogens (tertiary/aromatic N) is 5. The number of amides is 1. The predicted octanol–water partition coefficient (Wildman–Crippen LogP) is 0.765. The topological polar surface area (TPSA) is 96.7 Å². The quantitative estimate of drug-likeness (QED) is 0.340. The lowest BCUT2D eigenvalue weighted by atomic mass is 10.2. The number of guanidine groups is 1. The summed E-state index contributed by atoms with van der Waals surface area (Å²) in [4.78, 5) is 22.0. The first-order valence-corrected chi connectivity index (χ1v) is 8.17. The van der Waals surface area contributed by atoms with E-state index >= 15 is 0 Å². The minimum absolute atomic E-state index is 0. The summed E-state index contributed by atoms with van der Waals surface area (Å²) < 4.78 is 6.83. The number of carbonyl (C=O) groups excluding carboxylic acids is 1. The van der Waals surface area contributed by atoms with Crippen LogP contribution in [0.5, 0.6) is 5.75 Å². The predicted molar refractivity (Wildman–Crippen MR) is 114 cm³/mol. The van der Waals surface area contributed by atoms with Crippen molar-refractivity contribution in [2.24, 2.45) is 12.0 Å². The Morgan fingerprint density at radius 1 is 1.26 bits per heavy atom. The molecule has 0 saturated heterocycles. The van der Waals surface area contributed by atoms with E-state index in [0.29, 0.717) is 19.0 Å². The molecule has 1 amide bonds. The molecule has 0 unspecified atom stereocenters. The highest BCUT2D eigenvalue weighted by Gasteiger charge is 2.07. The second-order valence-corrected chi connectivity index (χ2v) is 5.81. The van der Waals surface area contributed by atoms with Crippen molar-refractivity contribution in [2.75, 3.05) is 27.7 Å². The molecule has 1 aromatic heterocycles. The van der Waals surface area contributed by atoms with Crippen LogP contribution in [-0.2, 0) is 24.9 Å². The minimum Gasteiger partial charge on any atom is -0.497 e. The maximum Gasteiger partial charge on any atom is 0.241 e. The number of aryl methyl sites for hydroxylation is 1. The third-order valence-electron chi connectivity index (χ3n) is 3.70. The highest BCUT2D eigenvalue weighted by molar-refractivity contribution is 14.0. The zero-order chi connectivity index (χ0) is 18.9. The Balaban J connectivity index is 0.00000364. The number of aromatic nitrogens is 3. The van der Waals surface area contributed by atoms with Gasteiger partial charge in [-0.1, -0.05) is 12.1 Å². The number of nitrogens with one attached hydrogen (secondary N) is 2. The Labute approximate surface area is 176 Å². The monoisotopic (exact) mass is 487 g/mol. The van der Waals surface area contributed by atoms with Gasteiger partial charge in [0.05, 0.1) is 26.7 Å². The van der Waals surface area contributed by atoms with Crippen molar-refractivity contribution < 1.29 is 9.53 Å². The number of carbonyl (C=O) groups is 1. The molecule has 2 N–H and O–H groups in total. The first-order chi connectivity index (χ1) is 12.5. The number of hydrogen-bond acceptors (Lipinski definition) is 5. The molecule has 9 nitrogen and oxygen atoms in total. The van der Waals surface area contributed by atoms with Crippen LogP contribution < -0.4 is 15.4 Å². The van der Waals surface area contributed by atoms with Crippen LogP contribution in [0.15, 0.2) is 35.6 Å². The second-order valence-electron chi connectivity index (χ2n) is 5.81. The van der Waals surface area contributed by atoms with E-state index in [1.165, 1.54) is 11.2 Å². The lowest BCUT2D eigenvalue weighted by Gasteiger charge is -2.15. The van der Waals surface area contributed by atoms with Crippen LogP contribution in [0.1, 0.15) is 11.4 Å². The minimum atomic E-state index is -0.0393. The molecule has 1 aromatic carbocycles. The maximum absolute atomic E-state index is 11.8. The number of aliphatic imine (C=N–C) groups is 1. The highest BCUT2D eigenvalue weighted by Crippen LogP contribution is 2.11. The van der Waals surface area contributed by atoms with Crippen LogP contribution >= 0.6 is 24.0 Å². The Kier molecular flexibility index (Phi) is 9.54. The van der Waals surface area contributed by atoms with Gasteiger partial charge in [-0.05, 0) is 17.7 Å². The Morgan fingerprint density at radius 3 is 2.52 bits per heavy atom. The Morgan fingerprint density at radius 2 is 1.96 bits per heavy atom. The first-order valence-electron chi connectivity index (χ1n) is 8.17. The first kappa shape index (κ1) is 22.7. The molecule has 0 saturated carbocycles. The van der Waals surface area contributed by atoms with Gasteiger partial charge in [0.1, 0.15) is 17.9 Å². The van der Waals surface area contributed by atoms with Gasteiger partial charge < -0.3 is 20.3 Å². The normalized spacial score (nSPS) is 10.7. The molecule has 0 radical (unpaired) electrons. The van der Waals surface area contributed by atoms with E-state index in [4.69, 9.17) is 4.74 Å².